The first-order valence-electron chi connectivity index (χ1n) is 7.50. The number of hydrogen-bond acceptors (Lipinski definition) is 6. The molecule has 1 unspecified atom stereocenters. The highest BCUT2D eigenvalue weighted by atomic mass is 16.5. The minimum absolute atomic E-state index is 0.123. The zero-order valence-electron chi connectivity index (χ0n) is 12.7. The number of rotatable bonds is 6. The second-order valence-electron chi connectivity index (χ2n) is 5.97. The van der Waals surface area contributed by atoms with Crippen LogP contribution >= 0.6 is 0 Å². The van der Waals surface area contributed by atoms with Gasteiger partial charge in [0.25, 0.3) is 5.91 Å². The van der Waals surface area contributed by atoms with Gasteiger partial charge in [0, 0.05) is 5.92 Å². The molecule has 1 atom stereocenters. The van der Waals surface area contributed by atoms with Gasteiger partial charge in [0.15, 0.2) is 5.82 Å². The summed E-state index contributed by atoms with van der Waals surface area (Å²) in [6, 6.07) is 1.31. The predicted molar refractivity (Wildman–Crippen MR) is 77.9 cm³/mol. The summed E-state index contributed by atoms with van der Waals surface area (Å²) in [7, 11) is 0. The number of carbonyl (C=O) groups is 1. The smallest absolute Gasteiger partial charge is 0.255 e. The Balaban J connectivity index is 1.74. The lowest BCUT2D eigenvalue weighted by Crippen LogP contribution is -2.31. The molecule has 0 aliphatic heterocycles. The third-order valence-corrected chi connectivity index (χ3v) is 3.74. The number of carbonyl (C=O) groups excluding carboxylic acids is 1. The van der Waals surface area contributed by atoms with E-state index < -0.39 is 0 Å². The van der Waals surface area contributed by atoms with E-state index in [9.17, 15) is 4.79 Å². The van der Waals surface area contributed by atoms with E-state index in [1.165, 1.54) is 6.26 Å². The third kappa shape index (κ3) is 3.04. The maximum atomic E-state index is 12.3. The molecule has 118 valence electrons. The van der Waals surface area contributed by atoms with Crippen LogP contribution in [0.1, 0.15) is 66.5 Å². The Bertz CT molecular complexity index is 657. The van der Waals surface area contributed by atoms with Crippen LogP contribution in [0.4, 0.5) is 0 Å². The van der Waals surface area contributed by atoms with Crippen LogP contribution < -0.4 is 11.1 Å². The molecule has 0 radical (unpaired) electrons. The largest absolute Gasteiger partial charge is 0.467 e. The average molecular weight is 304 g/mol. The van der Waals surface area contributed by atoms with Crippen LogP contribution in [0.2, 0.25) is 0 Å². The van der Waals surface area contributed by atoms with Gasteiger partial charge in [0.2, 0.25) is 5.89 Å². The molecule has 0 aromatic carbocycles. The molecule has 0 saturated heterocycles. The van der Waals surface area contributed by atoms with Crippen molar-refractivity contribution in [3.63, 3.8) is 0 Å². The van der Waals surface area contributed by atoms with Crippen molar-refractivity contribution in [1.82, 2.24) is 15.5 Å². The summed E-state index contributed by atoms with van der Waals surface area (Å²) < 4.78 is 10.5. The van der Waals surface area contributed by atoms with Crippen molar-refractivity contribution in [3.8, 4) is 0 Å². The van der Waals surface area contributed by atoms with Crippen molar-refractivity contribution in [1.29, 1.82) is 0 Å². The van der Waals surface area contributed by atoms with E-state index in [0.717, 1.165) is 18.7 Å². The maximum absolute atomic E-state index is 12.3. The van der Waals surface area contributed by atoms with Crippen molar-refractivity contribution in [2.24, 2.45) is 11.7 Å². The first-order chi connectivity index (χ1) is 10.6. The third-order valence-electron chi connectivity index (χ3n) is 3.74. The van der Waals surface area contributed by atoms with Crippen molar-refractivity contribution in [2.75, 3.05) is 0 Å². The van der Waals surface area contributed by atoms with E-state index in [0.29, 0.717) is 23.1 Å². The molecule has 22 heavy (non-hydrogen) atoms. The van der Waals surface area contributed by atoms with Crippen molar-refractivity contribution in [3.05, 3.63) is 35.4 Å². The van der Waals surface area contributed by atoms with Gasteiger partial charge in [-0.2, -0.15) is 4.98 Å². The maximum Gasteiger partial charge on any atom is 0.255 e. The Morgan fingerprint density at radius 3 is 2.86 bits per heavy atom. The first-order valence-corrected chi connectivity index (χ1v) is 7.50. The number of hydrogen-bond donors (Lipinski definition) is 2. The number of furan rings is 1. The lowest BCUT2D eigenvalue weighted by Gasteiger charge is -2.17. The SMILES string of the molecule is CC(C)C(NC(=O)c1coc(CN)c1)c1nc(C2CC2)no1. The molecule has 2 aromatic heterocycles. The zero-order valence-corrected chi connectivity index (χ0v) is 12.7. The fourth-order valence-electron chi connectivity index (χ4n) is 2.23. The fourth-order valence-corrected chi connectivity index (χ4v) is 2.23. The lowest BCUT2D eigenvalue weighted by atomic mass is 10.0. The molecule has 1 aliphatic rings. The molecule has 0 bridgehead atoms. The molecule has 2 heterocycles. The molecule has 1 fully saturated rings. The number of nitrogens with two attached hydrogens (primary N) is 1. The van der Waals surface area contributed by atoms with Gasteiger partial charge in [0.1, 0.15) is 18.1 Å². The molecule has 7 nitrogen and oxygen atoms in total. The van der Waals surface area contributed by atoms with Gasteiger partial charge in [-0.25, -0.2) is 0 Å². The van der Waals surface area contributed by atoms with Gasteiger partial charge in [-0.1, -0.05) is 19.0 Å². The van der Waals surface area contributed by atoms with Crippen LogP contribution in [0.3, 0.4) is 0 Å². The first kappa shape index (κ1) is 14.8. The van der Waals surface area contributed by atoms with Gasteiger partial charge in [-0.15, -0.1) is 0 Å². The molecule has 0 spiro atoms. The van der Waals surface area contributed by atoms with E-state index in [4.69, 9.17) is 14.7 Å². The zero-order chi connectivity index (χ0) is 15.7. The van der Waals surface area contributed by atoms with Crippen LogP contribution in [-0.4, -0.2) is 16.0 Å². The highest BCUT2D eigenvalue weighted by Gasteiger charge is 2.31. The normalized spacial score (nSPS) is 16.0. The molecule has 3 N–H and O–H groups in total. The summed E-state index contributed by atoms with van der Waals surface area (Å²) in [4.78, 5) is 16.7. The van der Waals surface area contributed by atoms with E-state index in [2.05, 4.69) is 15.5 Å². The Morgan fingerprint density at radius 2 is 2.27 bits per heavy atom. The molecule has 7 heteroatoms. The van der Waals surface area contributed by atoms with Gasteiger partial charge in [0.05, 0.1) is 12.1 Å². The standard InChI is InChI=1S/C15H20N4O3/c1-8(2)12(15-18-13(19-22-15)9-3-4-9)17-14(20)10-5-11(6-16)21-7-10/h5,7-9,12H,3-4,6,16H2,1-2H3,(H,17,20). The van der Waals surface area contributed by atoms with E-state index in [1.807, 2.05) is 13.8 Å². The fraction of sp³-hybridized carbons (Fsp3) is 0.533. The number of amides is 1. The van der Waals surface area contributed by atoms with Crippen molar-refractivity contribution >= 4 is 5.91 Å². The van der Waals surface area contributed by atoms with Gasteiger partial charge < -0.3 is 20.0 Å². The number of aromatic nitrogens is 2. The Hall–Kier alpha value is -2.15. The minimum atomic E-state index is -0.330. The lowest BCUT2D eigenvalue weighted by molar-refractivity contribution is 0.0913. The van der Waals surface area contributed by atoms with Crippen molar-refractivity contribution in [2.45, 2.75) is 45.2 Å². The number of nitrogens with zero attached hydrogens (tertiary/aromatic N) is 2. The van der Waals surface area contributed by atoms with Crippen LogP contribution in [0.25, 0.3) is 0 Å². The Morgan fingerprint density at radius 1 is 1.50 bits per heavy atom. The number of nitrogens with one attached hydrogen (secondary N) is 1. The molecule has 1 amide bonds. The van der Waals surface area contributed by atoms with Crippen LogP contribution in [0.15, 0.2) is 21.3 Å². The summed E-state index contributed by atoms with van der Waals surface area (Å²) in [6.07, 6.45) is 3.61. The summed E-state index contributed by atoms with van der Waals surface area (Å²) in [5.41, 5.74) is 5.92. The van der Waals surface area contributed by atoms with E-state index in [1.54, 1.807) is 6.07 Å². The summed E-state index contributed by atoms with van der Waals surface area (Å²) in [6.45, 7) is 4.24. The van der Waals surface area contributed by atoms with Crippen LogP contribution in [0, 0.1) is 5.92 Å². The summed E-state index contributed by atoms with van der Waals surface area (Å²) in [5.74, 6) is 2.06. The summed E-state index contributed by atoms with van der Waals surface area (Å²) >= 11 is 0. The second kappa shape index (κ2) is 5.92. The van der Waals surface area contributed by atoms with E-state index in [-0.39, 0.29) is 24.4 Å². The van der Waals surface area contributed by atoms with Gasteiger partial charge in [-0.3, -0.25) is 4.79 Å². The predicted octanol–water partition coefficient (Wildman–Crippen LogP) is 2.13. The summed E-state index contributed by atoms with van der Waals surface area (Å²) in [5, 5.41) is 6.93. The quantitative estimate of drug-likeness (QED) is 0.846. The van der Waals surface area contributed by atoms with Crippen LogP contribution in [-0.2, 0) is 6.54 Å². The van der Waals surface area contributed by atoms with Gasteiger partial charge in [-0.05, 0) is 24.8 Å². The molecular formula is C15H20N4O3. The minimum Gasteiger partial charge on any atom is -0.467 e. The second-order valence-corrected chi connectivity index (χ2v) is 5.97. The Labute approximate surface area is 128 Å². The van der Waals surface area contributed by atoms with E-state index >= 15 is 0 Å². The topological polar surface area (TPSA) is 107 Å². The van der Waals surface area contributed by atoms with Gasteiger partial charge >= 0.3 is 0 Å². The Kier molecular flexibility index (Phi) is 3.98. The molecule has 1 saturated carbocycles. The highest BCUT2D eigenvalue weighted by Crippen LogP contribution is 2.38. The monoisotopic (exact) mass is 304 g/mol. The molecule has 2 aromatic rings. The molecule has 3 rings (SSSR count). The average Bonchev–Trinajstić information content (AvgIpc) is 3.04. The molecular weight excluding hydrogens is 284 g/mol. The molecule has 1 aliphatic carbocycles. The highest BCUT2D eigenvalue weighted by molar-refractivity contribution is 5.94. The van der Waals surface area contributed by atoms with Crippen molar-refractivity contribution < 1.29 is 13.7 Å². The van der Waals surface area contributed by atoms with Crippen LogP contribution in [0.5, 0.6) is 0 Å².